The molecule has 0 aliphatic rings. The van der Waals surface area contributed by atoms with Gasteiger partial charge in [-0.3, -0.25) is 0 Å². The fraction of sp³-hybridized carbons (Fsp3) is 0.417. The van der Waals surface area contributed by atoms with Gasteiger partial charge >= 0.3 is 12.3 Å². The van der Waals surface area contributed by atoms with E-state index in [2.05, 4.69) is 9.47 Å². The van der Waals surface area contributed by atoms with Crippen LogP contribution in [0.5, 0.6) is 11.5 Å². The van der Waals surface area contributed by atoms with E-state index in [4.69, 9.17) is 4.74 Å². The highest BCUT2D eigenvalue weighted by molar-refractivity contribution is 5.74. The first-order chi connectivity index (χ1) is 8.83. The maximum Gasteiger partial charge on any atom is 0.573 e. The summed E-state index contributed by atoms with van der Waals surface area (Å²) in [6, 6.07) is 5.21. The summed E-state index contributed by atoms with van der Waals surface area (Å²) in [5.41, 5.74) is 0. The average molecular weight is 278 g/mol. The second kappa shape index (κ2) is 6.31. The first-order valence-electron chi connectivity index (χ1n) is 5.51. The molecule has 0 N–H and O–H groups in total. The molecule has 19 heavy (non-hydrogen) atoms. The van der Waals surface area contributed by atoms with Crippen LogP contribution in [0.25, 0.3) is 0 Å². The molecule has 0 fully saturated rings. The molecule has 0 aliphatic carbocycles. The smallest absolute Gasteiger partial charge is 0.475 e. The molecule has 0 heterocycles. The van der Waals surface area contributed by atoms with Crippen molar-refractivity contribution in [3.05, 3.63) is 24.3 Å². The van der Waals surface area contributed by atoms with Gasteiger partial charge in [-0.25, -0.2) is 4.79 Å². The van der Waals surface area contributed by atoms with Gasteiger partial charge in [0.25, 0.3) is 0 Å². The van der Waals surface area contributed by atoms with Crippen LogP contribution in [0.1, 0.15) is 13.8 Å². The maximum absolute atomic E-state index is 12.2. The lowest BCUT2D eigenvalue weighted by molar-refractivity contribution is -0.275. The van der Waals surface area contributed by atoms with Gasteiger partial charge in [0.05, 0.1) is 6.61 Å². The van der Waals surface area contributed by atoms with Gasteiger partial charge in [-0.15, -0.1) is 13.2 Å². The Morgan fingerprint density at radius 2 is 1.84 bits per heavy atom. The molecule has 0 aliphatic heterocycles. The molecule has 1 aromatic carbocycles. The Morgan fingerprint density at radius 1 is 1.26 bits per heavy atom. The number of benzene rings is 1. The van der Waals surface area contributed by atoms with Gasteiger partial charge in [0.15, 0.2) is 17.6 Å². The van der Waals surface area contributed by atoms with Crippen molar-refractivity contribution in [1.29, 1.82) is 0 Å². The van der Waals surface area contributed by atoms with Gasteiger partial charge in [0.2, 0.25) is 0 Å². The predicted octanol–water partition coefficient (Wildman–Crippen LogP) is 2.92. The van der Waals surface area contributed by atoms with Crippen molar-refractivity contribution in [1.82, 2.24) is 0 Å². The summed E-state index contributed by atoms with van der Waals surface area (Å²) in [5, 5.41) is 0. The Balaban J connectivity index is 2.80. The zero-order chi connectivity index (χ0) is 14.5. The summed E-state index contributed by atoms with van der Waals surface area (Å²) in [6.07, 6.45) is -5.86. The normalized spacial score (nSPS) is 12.7. The Kier molecular flexibility index (Phi) is 5.02. The fourth-order valence-electron chi connectivity index (χ4n) is 1.25. The minimum absolute atomic E-state index is 0.160. The number of ether oxygens (including phenoxy) is 3. The number of carbonyl (C=O) groups excluding carboxylic acids is 1. The van der Waals surface area contributed by atoms with Gasteiger partial charge in [-0.1, -0.05) is 12.1 Å². The molecule has 7 heteroatoms. The molecule has 1 aromatic rings. The SMILES string of the molecule is CCOC(=O)C(C)Oc1ccccc1OC(F)(F)F. The predicted molar refractivity (Wildman–Crippen MR) is 59.8 cm³/mol. The highest BCUT2D eigenvalue weighted by atomic mass is 19.4. The summed E-state index contributed by atoms with van der Waals surface area (Å²) >= 11 is 0. The van der Waals surface area contributed by atoms with E-state index < -0.39 is 24.2 Å². The number of hydrogen-bond donors (Lipinski definition) is 0. The second-order valence-electron chi connectivity index (χ2n) is 3.51. The minimum atomic E-state index is -4.83. The van der Waals surface area contributed by atoms with E-state index in [-0.39, 0.29) is 12.4 Å². The number of esters is 1. The fourth-order valence-corrected chi connectivity index (χ4v) is 1.25. The van der Waals surface area contributed by atoms with Crippen molar-refractivity contribution in [3.8, 4) is 11.5 Å². The zero-order valence-corrected chi connectivity index (χ0v) is 10.4. The summed E-state index contributed by atoms with van der Waals surface area (Å²) in [7, 11) is 0. The molecular formula is C12H13F3O4. The molecule has 1 atom stereocenters. The molecule has 1 rings (SSSR count). The highest BCUT2D eigenvalue weighted by Gasteiger charge is 2.32. The van der Waals surface area contributed by atoms with Crippen LogP contribution in [-0.4, -0.2) is 25.0 Å². The highest BCUT2D eigenvalue weighted by Crippen LogP contribution is 2.32. The number of hydrogen-bond acceptors (Lipinski definition) is 4. The Morgan fingerprint density at radius 3 is 2.37 bits per heavy atom. The van der Waals surface area contributed by atoms with E-state index in [0.717, 1.165) is 6.07 Å². The number of para-hydroxylation sites is 2. The molecule has 0 aromatic heterocycles. The van der Waals surface area contributed by atoms with E-state index in [1.165, 1.54) is 25.1 Å². The van der Waals surface area contributed by atoms with E-state index in [1.54, 1.807) is 6.92 Å². The Labute approximate surface area is 108 Å². The molecule has 0 bridgehead atoms. The molecule has 0 amide bonds. The summed E-state index contributed by atoms with van der Waals surface area (Å²) < 4.78 is 50.1. The van der Waals surface area contributed by atoms with E-state index in [9.17, 15) is 18.0 Å². The van der Waals surface area contributed by atoms with Crippen LogP contribution in [0.15, 0.2) is 24.3 Å². The monoisotopic (exact) mass is 278 g/mol. The molecule has 0 saturated heterocycles. The maximum atomic E-state index is 12.2. The van der Waals surface area contributed by atoms with Crippen molar-refractivity contribution < 1.29 is 32.2 Å². The van der Waals surface area contributed by atoms with Crippen molar-refractivity contribution in [3.63, 3.8) is 0 Å². The number of rotatable bonds is 5. The summed E-state index contributed by atoms with van der Waals surface area (Å²) in [4.78, 5) is 11.3. The van der Waals surface area contributed by atoms with Crippen LogP contribution in [0.3, 0.4) is 0 Å². The van der Waals surface area contributed by atoms with Gasteiger partial charge < -0.3 is 14.2 Å². The Hall–Kier alpha value is -1.92. The summed E-state index contributed by atoms with van der Waals surface area (Å²) in [5.74, 6) is -1.35. The quantitative estimate of drug-likeness (QED) is 0.777. The molecule has 0 radical (unpaired) electrons. The van der Waals surface area contributed by atoms with Crippen LogP contribution in [-0.2, 0) is 9.53 Å². The van der Waals surface area contributed by atoms with Crippen LogP contribution >= 0.6 is 0 Å². The molecule has 106 valence electrons. The van der Waals surface area contributed by atoms with Gasteiger partial charge in [-0.2, -0.15) is 0 Å². The van der Waals surface area contributed by atoms with Crippen LogP contribution in [0.4, 0.5) is 13.2 Å². The van der Waals surface area contributed by atoms with Gasteiger partial charge in [-0.05, 0) is 26.0 Å². The molecule has 0 saturated carbocycles. The third-order valence-electron chi connectivity index (χ3n) is 2.00. The number of carbonyl (C=O) groups is 1. The lowest BCUT2D eigenvalue weighted by atomic mass is 10.3. The lowest BCUT2D eigenvalue weighted by Gasteiger charge is -2.17. The van der Waals surface area contributed by atoms with Crippen molar-refractivity contribution >= 4 is 5.97 Å². The topological polar surface area (TPSA) is 44.8 Å². The Bertz CT molecular complexity index is 431. The van der Waals surface area contributed by atoms with E-state index in [1.807, 2.05) is 0 Å². The first kappa shape index (κ1) is 15.1. The van der Waals surface area contributed by atoms with Crippen molar-refractivity contribution in [2.24, 2.45) is 0 Å². The van der Waals surface area contributed by atoms with E-state index in [0.29, 0.717) is 0 Å². The lowest BCUT2D eigenvalue weighted by Crippen LogP contribution is -2.26. The average Bonchev–Trinajstić information content (AvgIpc) is 2.30. The standard InChI is InChI=1S/C12H13F3O4/c1-3-17-11(16)8(2)18-9-6-4-5-7-10(9)19-12(13,14)15/h4-8H,3H2,1-2H3. The van der Waals surface area contributed by atoms with Crippen LogP contribution < -0.4 is 9.47 Å². The number of halogens is 3. The van der Waals surface area contributed by atoms with Crippen molar-refractivity contribution in [2.45, 2.75) is 26.3 Å². The molecule has 0 spiro atoms. The second-order valence-corrected chi connectivity index (χ2v) is 3.51. The van der Waals surface area contributed by atoms with Gasteiger partial charge in [0, 0.05) is 0 Å². The minimum Gasteiger partial charge on any atom is -0.475 e. The molecule has 4 nitrogen and oxygen atoms in total. The third kappa shape index (κ3) is 5.07. The van der Waals surface area contributed by atoms with Gasteiger partial charge in [0.1, 0.15) is 0 Å². The van der Waals surface area contributed by atoms with Crippen molar-refractivity contribution in [2.75, 3.05) is 6.61 Å². The molecular weight excluding hydrogens is 265 g/mol. The largest absolute Gasteiger partial charge is 0.573 e. The van der Waals surface area contributed by atoms with E-state index >= 15 is 0 Å². The number of alkyl halides is 3. The van der Waals surface area contributed by atoms with Crippen LogP contribution in [0.2, 0.25) is 0 Å². The third-order valence-corrected chi connectivity index (χ3v) is 2.00. The zero-order valence-electron chi connectivity index (χ0n) is 10.4. The molecule has 1 unspecified atom stereocenters. The first-order valence-corrected chi connectivity index (χ1v) is 5.51. The van der Waals surface area contributed by atoms with Crippen LogP contribution in [0, 0.1) is 0 Å². The summed E-state index contributed by atoms with van der Waals surface area (Å²) in [6.45, 7) is 3.15.